The van der Waals surface area contributed by atoms with E-state index < -0.39 is 0 Å². The lowest BCUT2D eigenvalue weighted by Crippen LogP contribution is -2.30. The largest absolute Gasteiger partial charge is 0.329 e. The predicted octanol–water partition coefficient (Wildman–Crippen LogP) is 2.24. The number of aromatic nitrogens is 2. The number of nitrogens with two attached hydrogens (primary N) is 1. The van der Waals surface area contributed by atoms with E-state index in [1.807, 2.05) is 10.9 Å². The first-order chi connectivity index (χ1) is 8.70. The highest BCUT2D eigenvalue weighted by Crippen LogP contribution is 2.29. The minimum absolute atomic E-state index is 0.248. The van der Waals surface area contributed by atoms with E-state index in [-0.39, 0.29) is 6.04 Å². The van der Waals surface area contributed by atoms with Crippen molar-refractivity contribution in [3.8, 4) is 0 Å². The summed E-state index contributed by atoms with van der Waals surface area (Å²) >= 11 is 0. The molecule has 1 aromatic heterocycles. The van der Waals surface area contributed by atoms with Crippen LogP contribution in [0, 0.1) is 5.92 Å². The van der Waals surface area contributed by atoms with Crippen LogP contribution < -0.4 is 11.1 Å². The van der Waals surface area contributed by atoms with Gasteiger partial charge in [-0.05, 0) is 32.7 Å². The molecule has 18 heavy (non-hydrogen) atoms. The molecule has 0 amide bonds. The molecule has 1 aromatic rings. The molecule has 4 nitrogen and oxygen atoms in total. The van der Waals surface area contributed by atoms with Gasteiger partial charge in [0.15, 0.2) is 0 Å². The van der Waals surface area contributed by atoms with Crippen molar-refractivity contribution in [2.24, 2.45) is 11.7 Å². The average Bonchev–Trinajstić information content (AvgIpc) is 2.76. The highest BCUT2D eigenvalue weighted by molar-refractivity contribution is 5.11. The Bertz CT molecular complexity index is 354. The van der Waals surface area contributed by atoms with Crippen LogP contribution in [0.5, 0.6) is 0 Å². The zero-order valence-corrected chi connectivity index (χ0v) is 11.6. The highest BCUT2D eigenvalue weighted by Gasteiger charge is 2.18. The zero-order chi connectivity index (χ0) is 13.0. The maximum atomic E-state index is 5.85. The number of nitrogens with zero attached hydrogens (tertiary/aromatic N) is 2. The van der Waals surface area contributed by atoms with Crippen LogP contribution in [0.3, 0.4) is 0 Å². The molecule has 4 heteroatoms. The number of nitrogens with one attached hydrogen (secondary N) is 1. The molecule has 102 valence electrons. The summed E-state index contributed by atoms with van der Waals surface area (Å²) in [5.41, 5.74) is 7.06. The van der Waals surface area contributed by atoms with E-state index in [4.69, 9.17) is 5.73 Å². The molecule has 1 saturated carbocycles. The standard InChI is InChI=1S/C14H26N4/c1-11(2)18-10-13(9-17-18)14(8-15)16-7-6-12-4-3-5-12/h9-12,14,16H,3-8,15H2,1-2H3. The van der Waals surface area contributed by atoms with Crippen LogP contribution in [0.15, 0.2) is 12.4 Å². The first kappa shape index (κ1) is 13.6. The molecule has 0 aliphatic heterocycles. The molecular formula is C14H26N4. The zero-order valence-electron chi connectivity index (χ0n) is 11.6. The van der Waals surface area contributed by atoms with Gasteiger partial charge in [-0.2, -0.15) is 5.10 Å². The summed E-state index contributed by atoms with van der Waals surface area (Å²) in [6.07, 6.45) is 9.59. The summed E-state index contributed by atoms with van der Waals surface area (Å²) in [5, 5.41) is 7.93. The molecular weight excluding hydrogens is 224 g/mol. The van der Waals surface area contributed by atoms with E-state index in [2.05, 4.69) is 30.5 Å². The van der Waals surface area contributed by atoms with Gasteiger partial charge in [0.2, 0.25) is 0 Å². The van der Waals surface area contributed by atoms with E-state index in [0.717, 1.165) is 12.5 Å². The van der Waals surface area contributed by atoms with Crippen molar-refractivity contribution in [3.63, 3.8) is 0 Å². The first-order valence-electron chi connectivity index (χ1n) is 7.18. The molecule has 2 rings (SSSR count). The molecule has 1 unspecified atom stereocenters. The Balaban J connectivity index is 1.82. The number of hydrogen-bond donors (Lipinski definition) is 2. The van der Waals surface area contributed by atoms with Crippen molar-refractivity contribution in [1.29, 1.82) is 0 Å². The topological polar surface area (TPSA) is 55.9 Å². The third kappa shape index (κ3) is 3.33. The van der Waals surface area contributed by atoms with Gasteiger partial charge in [-0.15, -0.1) is 0 Å². The highest BCUT2D eigenvalue weighted by atomic mass is 15.3. The van der Waals surface area contributed by atoms with Gasteiger partial charge in [-0.1, -0.05) is 19.3 Å². The average molecular weight is 250 g/mol. The quantitative estimate of drug-likeness (QED) is 0.780. The summed E-state index contributed by atoms with van der Waals surface area (Å²) in [5.74, 6) is 0.953. The van der Waals surface area contributed by atoms with Crippen LogP contribution in [0.1, 0.15) is 57.2 Å². The molecule has 0 aromatic carbocycles. The molecule has 0 spiro atoms. The van der Waals surface area contributed by atoms with Gasteiger partial charge in [-0.3, -0.25) is 4.68 Å². The lowest BCUT2D eigenvalue weighted by molar-refractivity contribution is 0.288. The summed E-state index contributed by atoms with van der Waals surface area (Å²) in [6.45, 7) is 5.98. The summed E-state index contributed by atoms with van der Waals surface area (Å²) < 4.78 is 1.99. The molecule has 0 bridgehead atoms. The second-order valence-corrected chi connectivity index (χ2v) is 5.68. The molecule has 1 fully saturated rings. The van der Waals surface area contributed by atoms with Crippen molar-refractivity contribution in [2.45, 2.75) is 51.6 Å². The van der Waals surface area contributed by atoms with Crippen LogP contribution in [0.4, 0.5) is 0 Å². The molecule has 0 radical (unpaired) electrons. The van der Waals surface area contributed by atoms with Crippen LogP contribution in [0.25, 0.3) is 0 Å². The second-order valence-electron chi connectivity index (χ2n) is 5.68. The van der Waals surface area contributed by atoms with E-state index in [1.54, 1.807) is 0 Å². The van der Waals surface area contributed by atoms with Crippen LogP contribution in [-0.4, -0.2) is 22.9 Å². The van der Waals surface area contributed by atoms with Crippen molar-refractivity contribution in [1.82, 2.24) is 15.1 Å². The van der Waals surface area contributed by atoms with Crippen molar-refractivity contribution < 1.29 is 0 Å². The third-order valence-electron chi connectivity index (χ3n) is 3.96. The van der Waals surface area contributed by atoms with E-state index in [1.165, 1.54) is 31.2 Å². The maximum Gasteiger partial charge on any atom is 0.0538 e. The Hall–Kier alpha value is -0.870. The third-order valence-corrected chi connectivity index (χ3v) is 3.96. The van der Waals surface area contributed by atoms with Crippen molar-refractivity contribution in [2.75, 3.05) is 13.1 Å². The van der Waals surface area contributed by atoms with Crippen molar-refractivity contribution >= 4 is 0 Å². The van der Waals surface area contributed by atoms with E-state index in [9.17, 15) is 0 Å². The summed E-state index contributed by atoms with van der Waals surface area (Å²) in [7, 11) is 0. The number of rotatable bonds is 7. The molecule has 0 saturated heterocycles. The van der Waals surface area contributed by atoms with Gasteiger partial charge in [0.05, 0.1) is 6.20 Å². The lowest BCUT2D eigenvalue weighted by Gasteiger charge is -2.26. The molecule has 1 aliphatic rings. The van der Waals surface area contributed by atoms with Crippen molar-refractivity contribution in [3.05, 3.63) is 18.0 Å². The van der Waals surface area contributed by atoms with Gasteiger partial charge < -0.3 is 11.1 Å². The SMILES string of the molecule is CC(C)n1cc(C(CN)NCCC2CCC2)cn1. The van der Waals surface area contributed by atoms with Gasteiger partial charge in [-0.25, -0.2) is 0 Å². The van der Waals surface area contributed by atoms with Gasteiger partial charge in [0.1, 0.15) is 0 Å². The lowest BCUT2D eigenvalue weighted by atomic mass is 9.83. The normalized spacial score (nSPS) is 18.0. The second kappa shape index (κ2) is 6.34. The van der Waals surface area contributed by atoms with E-state index in [0.29, 0.717) is 12.6 Å². The fraction of sp³-hybridized carbons (Fsp3) is 0.786. The summed E-state index contributed by atoms with van der Waals surface area (Å²) in [6, 6.07) is 0.657. The molecule has 3 N–H and O–H groups in total. The molecule has 1 atom stereocenters. The van der Waals surface area contributed by atoms with Crippen LogP contribution in [-0.2, 0) is 0 Å². The van der Waals surface area contributed by atoms with Gasteiger partial charge >= 0.3 is 0 Å². The van der Waals surface area contributed by atoms with Gasteiger partial charge in [0, 0.05) is 30.4 Å². The Morgan fingerprint density at radius 1 is 1.50 bits per heavy atom. The fourth-order valence-electron chi connectivity index (χ4n) is 2.40. The fourth-order valence-corrected chi connectivity index (χ4v) is 2.40. The Morgan fingerprint density at radius 3 is 2.78 bits per heavy atom. The minimum Gasteiger partial charge on any atom is -0.329 e. The Morgan fingerprint density at radius 2 is 2.28 bits per heavy atom. The molecule has 1 heterocycles. The minimum atomic E-state index is 0.248. The number of hydrogen-bond acceptors (Lipinski definition) is 3. The maximum absolute atomic E-state index is 5.85. The monoisotopic (exact) mass is 250 g/mol. The predicted molar refractivity (Wildman–Crippen MR) is 74.4 cm³/mol. The molecule has 1 aliphatic carbocycles. The van der Waals surface area contributed by atoms with Gasteiger partial charge in [0.25, 0.3) is 0 Å². The van der Waals surface area contributed by atoms with Crippen LogP contribution in [0.2, 0.25) is 0 Å². The van der Waals surface area contributed by atoms with Crippen LogP contribution >= 0.6 is 0 Å². The Kier molecular flexibility index (Phi) is 4.78. The van der Waals surface area contributed by atoms with E-state index >= 15 is 0 Å². The summed E-state index contributed by atoms with van der Waals surface area (Å²) in [4.78, 5) is 0. The Labute approximate surface area is 110 Å². The first-order valence-corrected chi connectivity index (χ1v) is 7.18. The smallest absolute Gasteiger partial charge is 0.0538 e.